The quantitative estimate of drug-likeness (QED) is 0.475. The molecule has 6 nitrogen and oxygen atoms in total. The Balaban J connectivity index is 1.53. The third-order valence-corrected chi connectivity index (χ3v) is 5.34. The van der Waals surface area contributed by atoms with Gasteiger partial charge in [-0.3, -0.25) is 10.1 Å². The molecule has 2 aromatic heterocycles. The first-order valence-corrected chi connectivity index (χ1v) is 9.91. The van der Waals surface area contributed by atoms with Crippen LogP contribution in [0.2, 0.25) is 0 Å². The summed E-state index contributed by atoms with van der Waals surface area (Å²) in [5, 5.41) is 14.8. The zero-order valence-electron chi connectivity index (χ0n) is 16.1. The fraction of sp³-hybridized carbons (Fsp3) is 0.227. The van der Waals surface area contributed by atoms with E-state index in [4.69, 9.17) is 0 Å². The normalized spacial score (nSPS) is 16.7. The van der Waals surface area contributed by atoms with Gasteiger partial charge in [-0.2, -0.15) is 5.10 Å². The lowest BCUT2D eigenvalue weighted by molar-refractivity contribution is 0.479. The van der Waals surface area contributed by atoms with E-state index in [1.807, 2.05) is 0 Å². The van der Waals surface area contributed by atoms with Gasteiger partial charge in [-0.1, -0.05) is 12.1 Å². The van der Waals surface area contributed by atoms with Crippen molar-refractivity contribution >= 4 is 16.7 Å². The van der Waals surface area contributed by atoms with Gasteiger partial charge in [0.2, 0.25) is 0 Å². The van der Waals surface area contributed by atoms with Crippen molar-refractivity contribution in [1.82, 2.24) is 25.5 Å². The molecule has 1 atom stereocenters. The van der Waals surface area contributed by atoms with Gasteiger partial charge in [0.1, 0.15) is 28.8 Å². The molecule has 1 fully saturated rings. The number of fused-ring (bicyclic) bond motifs is 1. The second-order valence-corrected chi connectivity index (χ2v) is 7.41. The number of hydrogen-bond donors (Lipinski definition) is 3. The van der Waals surface area contributed by atoms with E-state index in [1.165, 1.54) is 18.2 Å². The molecule has 4 aromatic rings. The summed E-state index contributed by atoms with van der Waals surface area (Å²) in [4.78, 5) is 8.97. The summed E-state index contributed by atoms with van der Waals surface area (Å²) < 4.78 is 28.5. The molecule has 0 amide bonds. The monoisotopic (exact) mass is 406 g/mol. The van der Waals surface area contributed by atoms with Gasteiger partial charge in [-0.25, -0.2) is 13.8 Å². The van der Waals surface area contributed by atoms with E-state index in [0.29, 0.717) is 28.8 Å². The Hall–Kier alpha value is -3.39. The zero-order valence-corrected chi connectivity index (χ0v) is 16.1. The van der Waals surface area contributed by atoms with Crippen LogP contribution in [0.3, 0.4) is 0 Å². The summed E-state index contributed by atoms with van der Waals surface area (Å²) in [6.07, 6.45) is 5.51. The van der Waals surface area contributed by atoms with Gasteiger partial charge in [0.25, 0.3) is 0 Å². The van der Waals surface area contributed by atoms with E-state index in [1.54, 1.807) is 30.6 Å². The van der Waals surface area contributed by atoms with Crippen LogP contribution >= 0.6 is 0 Å². The van der Waals surface area contributed by atoms with Crippen LogP contribution in [0.15, 0.2) is 48.8 Å². The molecule has 1 aliphatic heterocycles. The predicted octanol–water partition coefficient (Wildman–Crippen LogP) is 4.13. The third kappa shape index (κ3) is 3.50. The van der Waals surface area contributed by atoms with Crippen LogP contribution in [-0.2, 0) is 0 Å². The van der Waals surface area contributed by atoms with Crippen LogP contribution in [0.4, 0.5) is 14.6 Å². The molecular weight excluding hydrogens is 386 g/mol. The van der Waals surface area contributed by atoms with Gasteiger partial charge in [0.15, 0.2) is 0 Å². The molecule has 152 valence electrons. The number of H-pyrrole nitrogens is 1. The summed E-state index contributed by atoms with van der Waals surface area (Å²) >= 11 is 0. The minimum Gasteiger partial charge on any atom is -0.365 e. The Bertz CT molecular complexity index is 1180. The molecule has 8 heteroatoms. The fourth-order valence-electron chi connectivity index (χ4n) is 3.87. The topological polar surface area (TPSA) is 78.5 Å². The van der Waals surface area contributed by atoms with Crippen molar-refractivity contribution in [2.75, 3.05) is 18.4 Å². The molecule has 0 saturated carbocycles. The lowest BCUT2D eigenvalue weighted by atomic mass is 10.0. The molecule has 3 N–H and O–H groups in total. The minimum atomic E-state index is -0.605. The lowest BCUT2D eigenvalue weighted by Gasteiger charge is -2.24. The first-order valence-electron chi connectivity index (χ1n) is 9.91. The van der Waals surface area contributed by atoms with E-state index in [2.05, 4.69) is 30.8 Å². The molecule has 0 aliphatic carbocycles. The highest BCUT2D eigenvalue weighted by atomic mass is 19.1. The number of aromatic amines is 1. The third-order valence-electron chi connectivity index (χ3n) is 5.34. The standard InChI is InChI=1S/C22H20F2N6/c23-16-4-1-5-17(24)21(16)13-6-7-18-15(9-13)22(30-29-18)19-11-26-12-20(28-19)27-14-3-2-8-25-10-14/h1,4-7,9,11-12,14,25H,2-3,8,10H2,(H,27,28)(H,29,30)/t14-/m0/s1. The van der Waals surface area contributed by atoms with Gasteiger partial charge in [-0.15, -0.1) is 0 Å². The highest BCUT2D eigenvalue weighted by Crippen LogP contribution is 2.32. The Morgan fingerprint density at radius 2 is 1.93 bits per heavy atom. The number of rotatable bonds is 4. The van der Waals surface area contributed by atoms with Gasteiger partial charge in [0.05, 0.1) is 23.5 Å². The smallest absolute Gasteiger partial charge is 0.145 e. The zero-order chi connectivity index (χ0) is 20.5. The Morgan fingerprint density at radius 1 is 1.07 bits per heavy atom. The summed E-state index contributed by atoms with van der Waals surface area (Å²) in [6, 6.07) is 9.31. The van der Waals surface area contributed by atoms with Crippen molar-refractivity contribution < 1.29 is 8.78 Å². The Morgan fingerprint density at radius 3 is 2.73 bits per heavy atom. The Labute approximate surface area is 171 Å². The molecule has 0 bridgehead atoms. The van der Waals surface area contributed by atoms with Crippen LogP contribution in [0.1, 0.15) is 12.8 Å². The molecule has 0 spiro atoms. The predicted molar refractivity (Wildman–Crippen MR) is 112 cm³/mol. The van der Waals surface area contributed by atoms with Crippen molar-refractivity contribution in [2.24, 2.45) is 0 Å². The highest BCUT2D eigenvalue weighted by Gasteiger charge is 2.17. The minimum absolute atomic E-state index is 0.0575. The summed E-state index contributed by atoms with van der Waals surface area (Å²) in [6.45, 7) is 1.92. The van der Waals surface area contributed by atoms with Gasteiger partial charge < -0.3 is 10.6 Å². The van der Waals surface area contributed by atoms with Crippen molar-refractivity contribution in [3.05, 3.63) is 60.4 Å². The lowest BCUT2D eigenvalue weighted by Crippen LogP contribution is -2.38. The van der Waals surface area contributed by atoms with Crippen LogP contribution in [-0.4, -0.2) is 39.3 Å². The molecule has 30 heavy (non-hydrogen) atoms. The van der Waals surface area contributed by atoms with Crippen molar-refractivity contribution in [3.8, 4) is 22.5 Å². The number of hydrogen-bond acceptors (Lipinski definition) is 5. The molecule has 0 radical (unpaired) electrons. The number of piperidine rings is 1. The molecule has 0 unspecified atom stereocenters. The van der Waals surface area contributed by atoms with E-state index >= 15 is 0 Å². The number of nitrogens with zero attached hydrogens (tertiary/aromatic N) is 3. The van der Waals surface area contributed by atoms with Crippen LogP contribution in [0.25, 0.3) is 33.4 Å². The molecule has 1 aliphatic rings. The number of nitrogens with one attached hydrogen (secondary N) is 3. The average Bonchev–Trinajstić information content (AvgIpc) is 3.18. The molecule has 3 heterocycles. The maximum atomic E-state index is 14.3. The van der Waals surface area contributed by atoms with Gasteiger partial charge >= 0.3 is 0 Å². The fourth-order valence-corrected chi connectivity index (χ4v) is 3.87. The average molecular weight is 406 g/mol. The highest BCUT2D eigenvalue weighted by molar-refractivity contribution is 5.95. The first kappa shape index (κ1) is 18.6. The molecular formula is C22H20F2N6. The van der Waals surface area contributed by atoms with E-state index in [-0.39, 0.29) is 5.56 Å². The SMILES string of the molecule is Fc1cccc(F)c1-c1ccc2[nH]nc(-c3cncc(N[C@H]4CCCNC4)n3)c2c1. The Kier molecular flexibility index (Phi) is 4.84. The van der Waals surface area contributed by atoms with Gasteiger partial charge in [-0.05, 0) is 49.2 Å². The second-order valence-electron chi connectivity index (χ2n) is 7.41. The number of halogens is 2. The molecule has 2 aromatic carbocycles. The van der Waals surface area contributed by atoms with Crippen LogP contribution < -0.4 is 10.6 Å². The van der Waals surface area contributed by atoms with Crippen LogP contribution in [0, 0.1) is 11.6 Å². The van der Waals surface area contributed by atoms with Crippen molar-refractivity contribution in [3.63, 3.8) is 0 Å². The van der Waals surface area contributed by atoms with Crippen LogP contribution in [0.5, 0.6) is 0 Å². The first-order chi connectivity index (χ1) is 14.7. The summed E-state index contributed by atoms with van der Waals surface area (Å²) in [7, 11) is 0. The number of aromatic nitrogens is 4. The largest absolute Gasteiger partial charge is 0.365 e. The van der Waals surface area contributed by atoms with Crippen molar-refractivity contribution in [2.45, 2.75) is 18.9 Å². The van der Waals surface area contributed by atoms with E-state index in [9.17, 15) is 8.78 Å². The van der Waals surface area contributed by atoms with E-state index < -0.39 is 11.6 Å². The van der Waals surface area contributed by atoms with Gasteiger partial charge in [0, 0.05) is 18.0 Å². The summed E-state index contributed by atoms with van der Waals surface area (Å²) in [5.41, 5.74) is 2.30. The summed E-state index contributed by atoms with van der Waals surface area (Å²) in [5.74, 6) is -0.536. The molecule has 1 saturated heterocycles. The van der Waals surface area contributed by atoms with E-state index in [0.717, 1.165) is 36.8 Å². The van der Waals surface area contributed by atoms with Crippen molar-refractivity contribution in [1.29, 1.82) is 0 Å². The maximum Gasteiger partial charge on any atom is 0.145 e. The molecule has 5 rings (SSSR count). The second kappa shape index (κ2) is 7.79. The maximum absolute atomic E-state index is 14.3. The number of benzene rings is 2. The number of anilines is 1.